The number of alkyl halides is 3. The van der Waals surface area contributed by atoms with Crippen molar-refractivity contribution in [2.45, 2.75) is 13.1 Å². The van der Waals surface area contributed by atoms with Crippen LogP contribution in [0.4, 0.5) is 18.9 Å². The van der Waals surface area contributed by atoms with Gasteiger partial charge in [0.05, 0.1) is 11.8 Å². The molecule has 0 spiro atoms. The molecule has 0 atom stereocenters. The lowest BCUT2D eigenvalue weighted by molar-refractivity contribution is -0.137. The van der Waals surface area contributed by atoms with Crippen LogP contribution in [0.5, 0.6) is 11.5 Å². The third-order valence-electron chi connectivity index (χ3n) is 2.91. The molecule has 0 aliphatic carbocycles. The number of halogens is 3. The van der Waals surface area contributed by atoms with Crippen LogP contribution in [-0.2, 0) is 11.0 Å². The average Bonchev–Trinajstić information content (AvgIpc) is 2.50. The summed E-state index contributed by atoms with van der Waals surface area (Å²) in [5.41, 5.74) is 0.234. The first kappa shape index (κ1) is 16.5. The second kappa shape index (κ2) is 6.51. The Labute approximate surface area is 130 Å². The minimum atomic E-state index is -4.50. The Morgan fingerprint density at radius 1 is 1.30 bits per heavy atom. The van der Waals surface area contributed by atoms with E-state index in [1.807, 2.05) is 0 Å². The number of benzene rings is 1. The van der Waals surface area contributed by atoms with Gasteiger partial charge in [0.1, 0.15) is 11.5 Å². The maximum Gasteiger partial charge on any atom is 0.418 e. The van der Waals surface area contributed by atoms with Gasteiger partial charge in [-0.05, 0) is 30.7 Å². The van der Waals surface area contributed by atoms with Gasteiger partial charge in [-0.2, -0.15) is 13.2 Å². The van der Waals surface area contributed by atoms with Crippen molar-refractivity contribution in [1.29, 1.82) is 0 Å². The maximum absolute atomic E-state index is 12.7. The number of carbonyl (C=O) groups excluding carboxylic acids is 1. The Balaban J connectivity index is 2.27. The van der Waals surface area contributed by atoms with Gasteiger partial charge in [0.15, 0.2) is 0 Å². The lowest BCUT2D eigenvalue weighted by atomic mass is 10.2. The van der Waals surface area contributed by atoms with E-state index in [1.54, 1.807) is 19.1 Å². The molecule has 0 radical (unpaired) electrons. The van der Waals surface area contributed by atoms with Crippen molar-refractivity contribution in [3.05, 3.63) is 60.4 Å². The molecule has 1 aromatic heterocycles. The van der Waals surface area contributed by atoms with E-state index >= 15 is 0 Å². The van der Waals surface area contributed by atoms with Crippen LogP contribution in [0.1, 0.15) is 11.1 Å². The molecule has 0 unspecified atom stereocenters. The van der Waals surface area contributed by atoms with Crippen LogP contribution in [0.25, 0.3) is 0 Å². The summed E-state index contributed by atoms with van der Waals surface area (Å²) >= 11 is 0. The predicted molar refractivity (Wildman–Crippen MR) is 79.3 cm³/mol. The van der Waals surface area contributed by atoms with Crippen molar-refractivity contribution < 1.29 is 22.7 Å². The minimum absolute atomic E-state index is 0.0462. The summed E-state index contributed by atoms with van der Waals surface area (Å²) < 4.78 is 43.5. The zero-order valence-corrected chi connectivity index (χ0v) is 12.1. The Bertz CT molecular complexity index is 742. The van der Waals surface area contributed by atoms with E-state index in [0.717, 1.165) is 18.3 Å². The molecule has 1 aromatic carbocycles. The largest absolute Gasteiger partial charge is 0.455 e. The third kappa shape index (κ3) is 4.32. The molecule has 23 heavy (non-hydrogen) atoms. The summed E-state index contributed by atoms with van der Waals surface area (Å²) in [5, 5.41) is 2.55. The van der Waals surface area contributed by atoms with Gasteiger partial charge in [-0.3, -0.25) is 9.78 Å². The molecule has 0 aliphatic rings. The SMILES string of the molecule is C=CC(=O)Nc1ccc(C)c(Oc2cncc(C(F)(F)F)c2)c1. The van der Waals surface area contributed by atoms with Gasteiger partial charge in [0.25, 0.3) is 0 Å². The summed E-state index contributed by atoms with van der Waals surface area (Å²) in [6.45, 7) is 5.07. The molecule has 7 heteroatoms. The number of anilines is 1. The molecule has 0 saturated heterocycles. The van der Waals surface area contributed by atoms with Crippen LogP contribution in [-0.4, -0.2) is 10.9 Å². The van der Waals surface area contributed by atoms with Crippen LogP contribution in [0.15, 0.2) is 49.3 Å². The fourth-order valence-corrected chi connectivity index (χ4v) is 1.74. The molecule has 120 valence electrons. The number of rotatable bonds is 4. The average molecular weight is 322 g/mol. The van der Waals surface area contributed by atoms with Crippen molar-refractivity contribution in [2.75, 3.05) is 5.32 Å². The molecule has 1 amide bonds. The number of pyridine rings is 1. The molecule has 0 aliphatic heterocycles. The smallest absolute Gasteiger partial charge is 0.418 e. The highest BCUT2D eigenvalue weighted by Crippen LogP contribution is 2.33. The highest BCUT2D eigenvalue weighted by atomic mass is 19.4. The molecule has 1 N–H and O–H groups in total. The molecular weight excluding hydrogens is 309 g/mol. The molecule has 2 aromatic rings. The van der Waals surface area contributed by atoms with Gasteiger partial charge in [0, 0.05) is 18.0 Å². The molecule has 0 bridgehead atoms. The first-order valence-electron chi connectivity index (χ1n) is 6.54. The molecule has 0 saturated carbocycles. The summed E-state index contributed by atoms with van der Waals surface area (Å²) in [6.07, 6.45) is -1.48. The zero-order valence-electron chi connectivity index (χ0n) is 12.1. The number of hydrogen-bond donors (Lipinski definition) is 1. The van der Waals surface area contributed by atoms with Crippen molar-refractivity contribution in [1.82, 2.24) is 4.98 Å². The Morgan fingerprint density at radius 2 is 2.04 bits per heavy atom. The second-order valence-electron chi connectivity index (χ2n) is 4.68. The van der Waals surface area contributed by atoms with Crippen molar-refractivity contribution in [3.8, 4) is 11.5 Å². The lowest BCUT2D eigenvalue weighted by Gasteiger charge is -2.12. The Kier molecular flexibility index (Phi) is 4.68. The van der Waals surface area contributed by atoms with E-state index in [4.69, 9.17) is 4.74 Å². The van der Waals surface area contributed by atoms with E-state index in [9.17, 15) is 18.0 Å². The third-order valence-corrected chi connectivity index (χ3v) is 2.91. The van der Waals surface area contributed by atoms with Gasteiger partial charge >= 0.3 is 6.18 Å². The predicted octanol–water partition coefficient (Wildman–Crippen LogP) is 4.33. The van der Waals surface area contributed by atoms with Gasteiger partial charge in [-0.1, -0.05) is 12.6 Å². The number of hydrogen-bond acceptors (Lipinski definition) is 3. The van der Waals surface area contributed by atoms with E-state index in [2.05, 4.69) is 16.9 Å². The molecule has 2 rings (SSSR count). The van der Waals surface area contributed by atoms with Crippen molar-refractivity contribution in [3.63, 3.8) is 0 Å². The van der Waals surface area contributed by atoms with E-state index < -0.39 is 17.6 Å². The van der Waals surface area contributed by atoms with Crippen molar-refractivity contribution in [2.24, 2.45) is 0 Å². The van der Waals surface area contributed by atoms with Crippen molar-refractivity contribution >= 4 is 11.6 Å². The topological polar surface area (TPSA) is 51.2 Å². The van der Waals surface area contributed by atoms with E-state index in [1.165, 1.54) is 12.3 Å². The molecule has 0 fully saturated rings. The van der Waals surface area contributed by atoms with Crippen LogP contribution in [0, 0.1) is 6.92 Å². The number of ether oxygens (including phenoxy) is 1. The summed E-state index contributed by atoms with van der Waals surface area (Å²) in [6, 6.07) is 5.70. The fourth-order valence-electron chi connectivity index (χ4n) is 1.74. The lowest BCUT2D eigenvalue weighted by Crippen LogP contribution is -2.07. The number of aromatic nitrogens is 1. The molecular formula is C16H13F3N2O2. The Morgan fingerprint density at radius 3 is 2.70 bits per heavy atom. The summed E-state index contributed by atoms with van der Waals surface area (Å²) in [5.74, 6) is -0.136. The van der Waals surface area contributed by atoms with E-state index in [-0.39, 0.29) is 5.75 Å². The summed E-state index contributed by atoms with van der Waals surface area (Å²) in [4.78, 5) is 14.8. The van der Waals surface area contributed by atoms with Crippen LogP contribution >= 0.6 is 0 Å². The maximum atomic E-state index is 12.7. The van der Waals surface area contributed by atoms with Crippen LogP contribution < -0.4 is 10.1 Å². The second-order valence-corrected chi connectivity index (χ2v) is 4.68. The van der Waals surface area contributed by atoms with Crippen LogP contribution in [0.2, 0.25) is 0 Å². The normalized spacial score (nSPS) is 11.0. The zero-order chi connectivity index (χ0) is 17.0. The minimum Gasteiger partial charge on any atom is -0.455 e. The fraction of sp³-hybridized carbons (Fsp3) is 0.125. The van der Waals surface area contributed by atoms with Gasteiger partial charge < -0.3 is 10.1 Å². The summed E-state index contributed by atoms with van der Waals surface area (Å²) in [7, 11) is 0. The Hall–Kier alpha value is -2.83. The highest BCUT2D eigenvalue weighted by molar-refractivity contribution is 5.99. The van der Waals surface area contributed by atoms with Crippen LogP contribution in [0.3, 0.4) is 0 Å². The highest BCUT2D eigenvalue weighted by Gasteiger charge is 2.31. The van der Waals surface area contributed by atoms with Gasteiger partial charge in [-0.25, -0.2) is 0 Å². The quantitative estimate of drug-likeness (QED) is 0.853. The number of carbonyl (C=O) groups is 1. The molecule has 4 nitrogen and oxygen atoms in total. The van der Waals surface area contributed by atoms with Gasteiger partial charge in [0.2, 0.25) is 5.91 Å². The number of aryl methyl sites for hydroxylation is 1. The number of nitrogens with zero attached hydrogens (tertiary/aromatic N) is 1. The number of amides is 1. The number of nitrogens with one attached hydrogen (secondary N) is 1. The molecule has 1 heterocycles. The monoisotopic (exact) mass is 322 g/mol. The first-order valence-corrected chi connectivity index (χ1v) is 6.54. The van der Waals surface area contributed by atoms with Gasteiger partial charge in [-0.15, -0.1) is 0 Å². The van der Waals surface area contributed by atoms with E-state index in [0.29, 0.717) is 17.0 Å². The standard InChI is InChI=1S/C16H13F3N2O2/c1-3-15(22)21-12-5-4-10(2)14(7-12)23-13-6-11(8-20-9-13)16(17,18)19/h3-9H,1H2,2H3,(H,21,22). The first-order chi connectivity index (χ1) is 10.8.